The van der Waals surface area contributed by atoms with Gasteiger partial charge in [-0.25, -0.2) is 0 Å². The molecule has 126 valence electrons. The average molecular weight is 347 g/mol. The molecule has 2 nitrogen and oxygen atoms in total. The van der Waals surface area contributed by atoms with E-state index in [-0.39, 0.29) is 0 Å². The largest absolute Gasteiger partial charge is 0.393 e. The van der Waals surface area contributed by atoms with Crippen LogP contribution < -0.4 is 0 Å². The quantitative estimate of drug-likeness (QED) is 0.639. The first-order chi connectivity index (χ1) is 9.84. The molecule has 5 heteroatoms. The van der Waals surface area contributed by atoms with E-state index < -0.39 is 28.3 Å². The van der Waals surface area contributed by atoms with Gasteiger partial charge in [-0.1, -0.05) is 72.6 Å². The Labute approximate surface area is 135 Å². The predicted octanol–water partition coefficient (Wildman–Crippen LogP) is 5.23. The van der Waals surface area contributed by atoms with Crippen LogP contribution in [0.2, 0.25) is 42.3 Å². The van der Waals surface area contributed by atoms with Crippen molar-refractivity contribution in [1.82, 2.24) is 0 Å². The molecule has 1 N–H and O–H groups in total. The highest BCUT2D eigenvalue weighted by molar-refractivity contribution is 7.69. The summed E-state index contributed by atoms with van der Waals surface area (Å²) in [5, 5.41) is 11.2. The molecular weight excluding hydrogens is 308 g/mol. The fraction of sp³-hybridized carbons (Fsp3) is 1.00. The van der Waals surface area contributed by atoms with Crippen LogP contribution in [0.25, 0.3) is 0 Å². The van der Waals surface area contributed by atoms with Crippen molar-refractivity contribution < 1.29 is 9.53 Å². The maximum Gasteiger partial charge on any atom is 0.181 e. The lowest BCUT2D eigenvalue weighted by molar-refractivity contribution is -0.131. The lowest BCUT2D eigenvalue weighted by Gasteiger charge is -2.63. The Morgan fingerprint density at radius 3 is 1.57 bits per heavy atom. The van der Waals surface area contributed by atoms with Crippen LogP contribution in [0.4, 0.5) is 0 Å². The Balaban J connectivity index is 3.58. The van der Waals surface area contributed by atoms with Crippen LogP contribution in [-0.2, 0) is 4.43 Å². The summed E-state index contributed by atoms with van der Waals surface area (Å²) in [5.74, 6) is -0.794. The SMILES string of the molecule is CCC1(O)C[Si](CC)(CC)[Si](CC)(CC)[Si](CC)(CC)O1. The molecule has 0 aromatic rings. The summed E-state index contributed by atoms with van der Waals surface area (Å²) < 4.78 is 6.76. The van der Waals surface area contributed by atoms with Crippen LogP contribution in [-0.4, -0.2) is 33.4 Å². The summed E-state index contributed by atoms with van der Waals surface area (Å²) >= 11 is 0. The molecular formula is C16H38O2Si3. The van der Waals surface area contributed by atoms with E-state index in [4.69, 9.17) is 4.43 Å². The van der Waals surface area contributed by atoms with E-state index in [1.54, 1.807) is 0 Å². The van der Waals surface area contributed by atoms with Gasteiger partial charge in [0.15, 0.2) is 13.6 Å². The highest BCUT2D eigenvalue weighted by atomic mass is 29.6. The normalized spacial score (nSPS) is 30.3. The van der Waals surface area contributed by atoms with Crippen LogP contribution in [0.15, 0.2) is 0 Å². The molecule has 0 aromatic heterocycles. The summed E-state index contributed by atoms with van der Waals surface area (Å²) in [5.41, 5.74) is 0. The van der Waals surface area contributed by atoms with Crippen molar-refractivity contribution in [3.8, 4) is 0 Å². The predicted molar refractivity (Wildman–Crippen MR) is 101 cm³/mol. The second-order valence-corrected chi connectivity index (χ2v) is 31.7. The summed E-state index contributed by atoms with van der Waals surface area (Å²) in [6.45, 7) is 16.6. The van der Waals surface area contributed by atoms with Gasteiger partial charge in [-0.15, -0.1) is 0 Å². The van der Waals surface area contributed by atoms with Gasteiger partial charge in [-0.2, -0.15) is 0 Å². The molecule has 0 bridgehead atoms. The molecule has 0 spiro atoms. The van der Waals surface area contributed by atoms with E-state index >= 15 is 0 Å². The number of hydrogen-bond acceptors (Lipinski definition) is 2. The van der Waals surface area contributed by atoms with E-state index in [0.29, 0.717) is 0 Å². The zero-order chi connectivity index (χ0) is 16.4. The van der Waals surface area contributed by atoms with Gasteiger partial charge in [0, 0.05) is 0 Å². The first kappa shape index (κ1) is 19.6. The van der Waals surface area contributed by atoms with Gasteiger partial charge >= 0.3 is 0 Å². The monoisotopic (exact) mass is 346 g/mol. The smallest absolute Gasteiger partial charge is 0.181 e. The Kier molecular flexibility index (Phi) is 6.53. The summed E-state index contributed by atoms with van der Waals surface area (Å²) in [6.07, 6.45) is 0.772. The van der Waals surface area contributed by atoms with Crippen LogP contribution in [0.1, 0.15) is 54.9 Å². The Hall–Kier alpha value is 0.571. The molecule has 1 aliphatic rings. The summed E-state index contributed by atoms with van der Waals surface area (Å²) in [4.78, 5) is 0. The van der Waals surface area contributed by atoms with Gasteiger partial charge in [0.25, 0.3) is 0 Å². The highest BCUT2D eigenvalue weighted by Crippen LogP contribution is 2.53. The van der Waals surface area contributed by atoms with Crippen LogP contribution >= 0.6 is 0 Å². The van der Waals surface area contributed by atoms with E-state index in [1.807, 2.05) is 0 Å². The molecule has 21 heavy (non-hydrogen) atoms. The second-order valence-electron chi connectivity index (χ2n) is 7.06. The van der Waals surface area contributed by atoms with Gasteiger partial charge in [0.2, 0.25) is 0 Å². The number of rotatable bonds is 7. The molecule has 0 amide bonds. The summed E-state index contributed by atoms with van der Waals surface area (Å²) in [7, 11) is -4.61. The first-order valence-electron chi connectivity index (χ1n) is 9.26. The minimum atomic E-state index is -1.79. The maximum absolute atomic E-state index is 11.2. The third kappa shape index (κ3) is 2.67. The molecule has 0 saturated carbocycles. The van der Waals surface area contributed by atoms with Crippen molar-refractivity contribution in [2.75, 3.05) is 0 Å². The Morgan fingerprint density at radius 2 is 1.29 bits per heavy atom. The van der Waals surface area contributed by atoms with Crippen molar-refractivity contribution in [3.05, 3.63) is 0 Å². The number of aliphatic hydroxyl groups is 1. The van der Waals surface area contributed by atoms with Crippen molar-refractivity contribution in [1.29, 1.82) is 0 Å². The molecule has 0 radical (unpaired) electrons. The van der Waals surface area contributed by atoms with E-state index in [0.717, 1.165) is 12.5 Å². The summed E-state index contributed by atoms with van der Waals surface area (Å²) in [6, 6.07) is 8.96. The third-order valence-electron chi connectivity index (χ3n) is 7.14. The van der Waals surface area contributed by atoms with Gasteiger partial charge < -0.3 is 9.53 Å². The maximum atomic E-state index is 11.2. The molecule has 0 aromatic carbocycles. The van der Waals surface area contributed by atoms with E-state index in [9.17, 15) is 5.11 Å². The Bertz CT molecular complexity index is 310. The molecule has 0 aliphatic carbocycles. The van der Waals surface area contributed by atoms with Gasteiger partial charge in [0.05, 0.1) is 14.7 Å². The minimum Gasteiger partial charge on any atom is -0.393 e. The molecule has 1 heterocycles. The zero-order valence-electron chi connectivity index (χ0n) is 15.5. The van der Waals surface area contributed by atoms with Gasteiger partial charge in [-0.05, 0) is 24.6 Å². The molecule has 1 atom stereocenters. The molecule has 1 saturated heterocycles. The molecule has 1 aliphatic heterocycles. The second kappa shape index (κ2) is 6.99. The lowest BCUT2D eigenvalue weighted by atomic mass is 10.2. The standard InChI is InChI=1S/C16H38O2Si3/c1-8-16(17)15-19(9-2,10-3)21(13-6,14-7)20(11-4,12-5)18-16/h17H,8-15H2,1-7H3. The van der Waals surface area contributed by atoms with Crippen LogP contribution in [0.5, 0.6) is 0 Å². The Morgan fingerprint density at radius 1 is 0.810 bits per heavy atom. The van der Waals surface area contributed by atoms with Crippen molar-refractivity contribution in [2.45, 2.75) is 103 Å². The first-order valence-corrected chi connectivity index (χ1v) is 18.6. The molecule has 1 unspecified atom stereocenters. The van der Waals surface area contributed by atoms with Crippen LogP contribution in [0, 0.1) is 0 Å². The van der Waals surface area contributed by atoms with E-state index in [1.165, 1.54) is 36.3 Å². The van der Waals surface area contributed by atoms with Crippen LogP contribution in [0.3, 0.4) is 0 Å². The fourth-order valence-electron chi connectivity index (χ4n) is 5.77. The van der Waals surface area contributed by atoms with Gasteiger partial charge in [0.1, 0.15) is 0 Å². The van der Waals surface area contributed by atoms with Crippen molar-refractivity contribution >= 4 is 22.5 Å². The topological polar surface area (TPSA) is 29.5 Å². The molecule has 1 rings (SSSR count). The van der Waals surface area contributed by atoms with Crippen molar-refractivity contribution in [2.24, 2.45) is 0 Å². The third-order valence-corrected chi connectivity index (χ3v) is 49.8. The minimum absolute atomic E-state index is 0.772. The average Bonchev–Trinajstić information content (AvgIpc) is 2.53. The fourth-order valence-corrected chi connectivity index (χ4v) is 56.2. The van der Waals surface area contributed by atoms with Gasteiger partial charge in [-0.3, -0.25) is 0 Å². The van der Waals surface area contributed by atoms with Crippen molar-refractivity contribution in [3.63, 3.8) is 0 Å². The molecule has 1 fully saturated rings. The van der Waals surface area contributed by atoms with E-state index in [2.05, 4.69) is 48.5 Å². The lowest BCUT2D eigenvalue weighted by Crippen LogP contribution is -2.83. The highest BCUT2D eigenvalue weighted by Gasteiger charge is 2.69. The number of hydrogen-bond donors (Lipinski definition) is 1. The zero-order valence-corrected chi connectivity index (χ0v) is 18.5.